The molecule has 0 saturated heterocycles. The molecule has 254 valence electrons. The van der Waals surface area contributed by atoms with Gasteiger partial charge in [-0.25, -0.2) is 0 Å². The first kappa shape index (κ1) is 31.7. The van der Waals surface area contributed by atoms with Crippen LogP contribution >= 0.6 is 29.6 Å². The lowest BCUT2D eigenvalue weighted by molar-refractivity contribution is 1.68. The van der Waals surface area contributed by atoms with Crippen molar-refractivity contribution in [3.8, 4) is 22.3 Å². The molecule has 2 heterocycles. The topological polar surface area (TPSA) is 0 Å². The Labute approximate surface area is 322 Å². The van der Waals surface area contributed by atoms with Crippen molar-refractivity contribution >= 4 is 114 Å². The van der Waals surface area contributed by atoms with Crippen LogP contribution in [0.3, 0.4) is 0 Å². The second kappa shape index (κ2) is 12.4. The van der Waals surface area contributed by atoms with E-state index in [1.165, 1.54) is 100 Å². The predicted octanol–water partition coefficient (Wildman–Crippen LogP) is 13.8. The molecule has 0 nitrogen and oxygen atoms in total. The van der Waals surface area contributed by atoms with Crippen LogP contribution in [0.25, 0.3) is 84.1 Å². The summed E-state index contributed by atoms with van der Waals surface area (Å²) in [4.78, 5) is 0. The fourth-order valence-electron chi connectivity index (χ4n) is 8.24. The van der Waals surface area contributed by atoms with E-state index in [1.807, 2.05) is 22.7 Å². The zero-order chi connectivity index (χ0) is 35.8. The van der Waals surface area contributed by atoms with E-state index in [0.29, 0.717) is 0 Å². The third-order valence-corrected chi connectivity index (χ3v) is 16.9. The molecule has 11 rings (SSSR count). The van der Waals surface area contributed by atoms with Crippen molar-refractivity contribution in [2.24, 2.45) is 0 Å². The van der Waals surface area contributed by atoms with Crippen molar-refractivity contribution in [3.05, 3.63) is 188 Å². The van der Waals surface area contributed by atoms with E-state index in [1.54, 1.807) is 0 Å². The standard InChI is InChI=1S/C51H33PS2/c1-52(42-22-17-33-9-2-4-11-35(33)27-42,43-23-18-34-10-3-5-12-36(34)28-43)41-14-8-13-37(29-41)38-19-25-50-46(31-38)47-32-40(21-26-51(47)54-50)39-20-24-49-45(30-39)44-15-6-7-16-48(44)53-49/h2-32H,1H2. The molecule has 9 aromatic carbocycles. The molecular weight excluding hydrogens is 708 g/mol. The Kier molecular flexibility index (Phi) is 7.29. The third-order valence-electron chi connectivity index (χ3n) is 11.1. The minimum Gasteiger partial charge on any atom is -0.135 e. The van der Waals surface area contributed by atoms with E-state index in [9.17, 15) is 0 Å². The maximum atomic E-state index is 5.20. The van der Waals surface area contributed by atoms with E-state index >= 15 is 0 Å². The first-order chi connectivity index (χ1) is 26.6. The van der Waals surface area contributed by atoms with Crippen molar-refractivity contribution in [2.45, 2.75) is 0 Å². The lowest BCUT2D eigenvalue weighted by Crippen LogP contribution is -2.25. The van der Waals surface area contributed by atoms with Crippen LogP contribution < -0.4 is 15.9 Å². The second-order valence-electron chi connectivity index (χ2n) is 14.3. The van der Waals surface area contributed by atoms with E-state index < -0.39 is 6.89 Å². The smallest absolute Gasteiger partial charge is 0.0355 e. The van der Waals surface area contributed by atoms with E-state index in [0.717, 1.165) is 0 Å². The summed E-state index contributed by atoms with van der Waals surface area (Å²) in [7, 11) is 0. The fraction of sp³-hybridized carbons (Fsp3) is 0. The molecule has 0 bridgehead atoms. The SMILES string of the molecule is C=P(c1cccc(-c2ccc3sc4ccc(-c5ccc6sc7ccccc7c6c5)cc4c3c2)c1)(c1ccc2ccccc2c1)c1ccc2ccccc2c1. The van der Waals surface area contributed by atoms with Gasteiger partial charge in [-0.2, -0.15) is 0 Å². The van der Waals surface area contributed by atoms with Gasteiger partial charge in [-0.15, -0.1) is 22.7 Å². The van der Waals surface area contributed by atoms with Gasteiger partial charge in [0.25, 0.3) is 0 Å². The predicted molar refractivity (Wildman–Crippen MR) is 244 cm³/mol. The Bertz CT molecular complexity index is 3240. The maximum absolute atomic E-state index is 5.20. The first-order valence-corrected chi connectivity index (χ1v) is 21.9. The van der Waals surface area contributed by atoms with Gasteiger partial charge in [0.1, 0.15) is 0 Å². The Morgan fingerprint density at radius 2 is 0.722 bits per heavy atom. The molecule has 0 radical (unpaired) electrons. The number of thiophene rings is 2. The van der Waals surface area contributed by atoms with Crippen LogP contribution in [0.2, 0.25) is 0 Å². The summed E-state index contributed by atoms with van der Waals surface area (Å²) in [6.45, 7) is -2.27. The molecular formula is C51H33PS2. The maximum Gasteiger partial charge on any atom is 0.0355 e. The Morgan fingerprint density at radius 3 is 1.28 bits per heavy atom. The van der Waals surface area contributed by atoms with Gasteiger partial charge in [0.15, 0.2) is 0 Å². The lowest BCUT2D eigenvalue weighted by atomic mass is 9.99. The average Bonchev–Trinajstić information content (AvgIpc) is 3.80. The Morgan fingerprint density at radius 1 is 0.296 bits per heavy atom. The number of benzene rings is 9. The summed E-state index contributed by atoms with van der Waals surface area (Å²) in [6, 6.07) is 70.1. The van der Waals surface area contributed by atoms with Crippen molar-refractivity contribution < 1.29 is 0 Å². The van der Waals surface area contributed by atoms with Gasteiger partial charge in [0, 0.05) is 40.3 Å². The molecule has 11 aromatic rings. The number of hydrogen-bond donors (Lipinski definition) is 0. The molecule has 0 unspecified atom stereocenters. The van der Waals surface area contributed by atoms with Gasteiger partial charge in [0.05, 0.1) is 0 Å². The summed E-state index contributed by atoms with van der Waals surface area (Å²) >= 11 is 3.75. The third kappa shape index (κ3) is 5.10. The minimum absolute atomic E-state index is 1.22. The van der Waals surface area contributed by atoms with Crippen LogP contribution in [0, 0.1) is 0 Å². The minimum atomic E-state index is -2.27. The van der Waals surface area contributed by atoms with Crippen LogP contribution in [-0.2, 0) is 0 Å². The quantitative estimate of drug-likeness (QED) is 0.154. The fourth-order valence-corrected chi connectivity index (χ4v) is 13.4. The molecule has 0 aliphatic carbocycles. The van der Waals surface area contributed by atoms with Gasteiger partial charge in [-0.05, 0) is 127 Å². The van der Waals surface area contributed by atoms with Crippen LogP contribution in [0.4, 0.5) is 0 Å². The van der Waals surface area contributed by atoms with Crippen LogP contribution in [0.1, 0.15) is 0 Å². The van der Waals surface area contributed by atoms with Gasteiger partial charge in [-0.1, -0.05) is 134 Å². The van der Waals surface area contributed by atoms with E-state index in [-0.39, 0.29) is 0 Å². The highest BCUT2D eigenvalue weighted by Crippen LogP contribution is 2.45. The van der Waals surface area contributed by atoms with Crippen molar-refractivity contribution in [2.75, 3.05) is 0 Å². The lowest BCUT2D eigenvalue weighted by Gasteiger charge is -2.28. The second-order valence-corrected chi connectivity index (χ2v) is 19.6. The molecule has 3 heteroatoms. The van der Waals surface area contributed by atoms with E-state index in [2.05, 4.69) is 188 Å². The molecule has 0 aliphatic rings. The molecule has 54 heavy (non-hydrogen) atoms. The Balaban J connectivity index is 1.04. The van der Waals surface area contributed by atoms with Gasteiger partial charge < -0.3 is 0 Å². The summed E-state index contributed by atoms with van der Waals surface area (Å²) < 4.78 is 5.31. The zero-order valence-corrected chi connectivity index (χ0v) is 31.9. The molecule has 2 aromatic heterocycles. The van der Waals surface area contributed by atoms with Gasteiger partial charge in [0.2, 0.25) is 0 Å². The van der Waals surface area contributed by atoms with Crippen molar-refractivity contribution in [1.29, 1.82) is 0 Å². The number of rotatable bonds is 5. The molecule has 0 atom stereocenters. The number of hydrogen-bond acceptors (Lipinski definition) is 2. The molecule has 0 saturated carbocycles. The largest absolute Gasteiger partial charge is 0.135 e. The summed E-state index contributed by atoms with van der Waals surface area (Å²) in [5, 5.41) is 14.1. The monoisotopic (exact) mass is 740 g/mol. The average molecular weight is 741 g/mol. The highest BCUT2D eigenvalue weighted by Gasteiger charge is 2.24. The highest BCUT2D eigenvalue weighted by molar-refractivity contribution is 7.93. The summed E-state index contributed by atoms with van der Waals surface area (Å²) in [6.07, 6.45) is 5.20. The Hall–Kier alpha value is -5.76. The van der Waals surface area contributed by atoms with Gasteiger partial charge >= 0.3 is 0 Å². The van der Waals surface area contributed by atoms with Crippen molar-refractivity contribution in [3.63, 3.8) is 0 Å². The molecule has 0 aliphatic heterocycles. The zero-order valence-electron chi connectivity index (χ0n) is 29.4. The molecule has 0 fully saturated rings. The summed E-state index contributed by atoms with van der Waals surface area (Å²) in [5.41, 5.74) is 4.96. The first-order valence-electron chi connectivity index (χ1n) is 18.3. The van der Waals surface area contributed by atoms with Crippen LogP contribution in [0.15, 0.2) is 188 Å². The van der Waals surface area contributed by atoms with Crippen LogP contribution in [-0.4, -0.2) is 6.30 Å². The summed E-state index contributed by atoms with van der Waals surface area (Å²) in [5.74, 6) is 0. The van der Waals surface area contributed by atoms with Crippen LogP contribution in [0.5, 0.6) is 0 Å². The van der Waals surface area contributed by atoms with Crippen molar-refractivity contribution in [1.82, 2.24) is 0 Å². The molecule has 0 N–H and O–H groups in total. The highest BCUT2D eigenvalue weighted by atomic mass is 32.1. The normalized spacial score (nSPS) is 12.1. The van der Waals surface area contributed by atoms with Gasteiger partial charge in [-0.3, -0.25) is 0 Å². The molecule has 0 amide bonds. The molecule has 0 spiro atoms. The number of fused-ring (bicyclic) bond motifs is 8. The van der Waals surface area contributed by atoms with E-state index in [4.69, 9.17) is 6.30 Å².